The molecule has 4 aromatic rings. The number of hydrogen-bond donors (Lipinski definition) is 0. The number of ketones is 2. The summed E-state index contributed by atoms with van der Waals surface area (Å²) >= 11 is 10.2. The Morgan fingerprint density at radius 3 is 1.76 bits per heavy atom. The lowest BCUT2D eigenvalue weighted by molar-refractivity contribution is 0.0935. The van der Waals surface area contributed by atoms with Crippen molar-refractivity contribution in [2.24, 2.45) is 5.92 Å². The van der Waals surface area contributed by atoms with Gasteiger partial charge < -0.3 is 0 Å². The van der Waals surface area contributed by atoms with Crippen LogP contribution in [-0.4, -0.2) is 11.6 Å². The molecule has 0 heterocycles. The number of carbonyl (C=O) groups is 2. The van der Waals surface area contributed by atoms with E-state index < -0.39 is 23.3 Å². The average Bonchev–Trinajstić information content (AvgIpc) is 3.50. The number of Topliss-reactive ketones (excluding diaryl/α,β-unsaturated/α-hetero) is 2. The van der Waals surface area contributed by atoms with Crippen molar-refractivity contribution in [3.63, 3.8) is 0 Å². The number of alkyl halides is 1. The lowest BCUT2D eigenvalue weighted by atomic mass is 9.96. The van der Waals surface area contributed by atoms with Gasteiger partial charge in [0.25, 0.3) is 0 Å². The minimum atomic E-state index is -0.891. The quantitative estimate of drug-likeness (QED) is 0.154. The topological polar surface area (TPSA) is 34.1 Å². The van der Waals surface area contributed by atoms with E-state index in [9.17, 15) is 27.2 Å². The highest BCUT2D eigenvalue weighted by atomic mass is 79.9. The van der Waals surface area contributed by atoms with E-state index in [1.807, 2.05) is 42.5 Å². The van der Waals surface area contributed by atoms with Crippen molar-refractivity contribution >= 4 is 59.4 Å². The summed E-state index contributed by atoms with van der Waals surface area (Å²) < 4.78 is 54.6. The van der Waals surface area contributed by atoms with Gasteiger partial charge in [0.2, 0.25) is 0 Å². The van der Waals surface area contributed by atoms with Crippen molar-refractivity contribution in [2.75, 3.05) is 0 Å². The summed E-state index contributed by atoms with van der Waals surface area (Å²) in [5.41, 5.74) is 3.40. The molecule has 6 rings (SSSR count). The van der Waals surface area contributed by atoms with Crippen LogP contribution in [0.25, 0.3) is 0 Å². The van der Waals surface area contributed by atoms with Crippen LogP contribution in [0.15, 0.2) is 81.7 Å². The van der Waals surface area contributed by atoms with E-state index in [1.54, 1.807) is 0 Å². The normalized spacial score (nSPS) is 15.0. The Labute approximate surface area is 260 Å². The number of halogens is 7. The molecule has 0 spiro atoms. The molecule has 2 aliphatic carbocycles. The van der Waals surface area contributed by atoms with Crippen LogP contribution >= 0.6 is 47.8 Å². The molecule has 0 N–H and O–H groups in total. The lowest BCUT2D eigenvalue weighted by Crippen LogP contribution is -2.12. The molecule has 0 saturated heterocycles. The minimum absolute atomic E-state index is 0.0936. The zero-order chi connectivity index (χ0) is 29.7. The highest BCUT2D eigenvalue weighted by Gasteiger charge is 2.34. The van der Waals surface area contributed by atoms with Crippen LogP contribution in [0.5, 0.6) is 0 Å². The fraction of sp³-hybridized carbons (Fsp3) is 0.188. The fourth-order valence-electron chi connectivity index (χ4n) is 4.75. The molecular weight excluding hydrogens is 732 g/mol. The van der Waals surface area contributed by atoms with Gasteiger partial charge in [-0.2, -0.15) is 0 Å². The fourth-order valence-corrected chi connectivity index (χ4v) is 6.49. The number of hydrogen-bond acceptors (Lipinski definition) is 2. The van der Waals surface area contributed by atoms with Gasteiger partial charge >= 0.3 is 0 Å². The van der Waals surface area contributed by atoms with E-state index in [2.05, 4.69) is 53.9 Å². The number of carbonyl (C=O) groups excluding carboxylic acids is 2. The largest absolute Gasteiger partial charge is 0.294 e. The van der Waals surface area contributed by atoms with Crippen molar-refractivity contribution in [1.82, 2.24) is 0 Å². The Morgan fingerprint density at radius 2 is 1.20 bits per heavy atom. The maximum atomic E-state index is 13.7. The molecular formula is C32H23Br3F4O2. The molecule has 212 valence electrons. The molecule has 0 radical (unpaired) electrons. The summed E-state index contributed by atoms with van der Waals surface area (Å²) in [6.45, 7) is 0. The highest BCUT2D eigenvalue weighted by Crippen LogP contribution is 2.33. The minimum Gasteiger partial charge on any atom is -0.294 e. The molecule has 1 atom stereocenters. The van der Waals surface area contributed by atoms with Gasteiger partial charge in [0.15, 0.2) is 34.8 Å². The Balaban J connectivity index is 0.000000156. The van der Waals surface area contributed by atoms with E-state index in [-0.39, 0.29) is 35.0 Å². The summed E-state index contributed by atoms with van der Waals surface area (Å²) in [6.07, 6.45) is 1.42. The van der Waals surface area contributed by atoms with Crippen LogP contribution < -0.4 is 0 Å². The first kappa shape index (κ1) is 31.3. The van der Waals surface area contributed by atoms with Crippen LogP contribution in [0.4, 0.5) is 17.6 Å². The average molecular weight is 755 g/mol. The second kappa shape index (κ2) is 14.0. The molecule has 2 aliphatic rings. The predicted octanol–water partition coefficient (Wildman–Crippen LogP) is 9.76. The highest BCUT2D eigenvalue weighted by molar-refractivity contribution is 9.11. The summed E-state index contributed by atoms with van der Waals surface area (Å²) in [5, 5.41) is 0.911. The second-order valence-electron chi connectivity index (χ2n) is 9.48. The molecule has 0 fully saturated rings. The predicted molar refractivity (Wildman–Crippen MR) is 162 cm³/mol. The molecule has 0 amide bonds. The molecule has 2 nitrogen and oxygen atoms in total. The summed E-state index contributed by atoms with van der Waals surface area (Å²) in [5.74, 6) is -4.02. The first-order chi connectivity index (χ1) is 19.6. The van der Waals surface area contributed by atoms with E-state index in [4.69, 9.17) is 0 Å². The van der Waals surface area contributed by atoms with Gasteiger partial charge in [-0.25, -0.2) is 17.6 Å². The molecule has 0 bridgehead atoms. The van der Waals surface area contributed by atoms with E-state index in [0.717, 1.165) is 27.5 Å². The van der Waals surface area contributed by atoms with Gasteiger partial charge in [0.1, 0.15) is 0 Å². The maximum absolute atomic E-state index is 13.7. The Bertz CT molecular complexity index is 1610. The van der Waals surface area contributed by atoms with Crippen LogP contribution in [0.2, 0.25) is 0 Å². The number of benzene rings is 4. The van der Waals surface area contributed by atoms with Crippen molar-refractivity contribution in [3.05, 3.63) is 138 Å². The second-order valence-corrected chi connectivity index (χ2v) is 11.8. The third kappa shape index (κ3) is 7.24. The van der Waals surface area contributed by atoms with Gasteiger partial charge in [-0.3, -0.25) is 9.59 Å². The summed E-state index contributed by atoms with van der Waals surface area (Å²) in [4.78, 5) is 23.3. The van der Waals surface area contributed by atoms with Gasteiger partial charge in [0.05, 0.1) is 0 Å². The molecule has 0 saturated carbocycles. The molecule has 9 heteroatoms. The van der Waals surface area contributed by atoms with Gasteiger partial charge in [-0.15, -0.1) is 0 Å². The van der Waals surface area contributed by atoms with Crippen molar-refractivity contribution in [3.8, 4) is 0 Å². The zero-order valence-electron chi connectivity index (χ0n) is 21.5. The van der Waals surface area contributed by atoms with Gasteiger partial charge in [-0.05, 0) is 66.8 Å². The van der Waals surface area contributed by atoms with E-state index in [1.165, 1.54) is 22.2 Å². The summed E-state index contributed by atoms with van der Waals surface area (Å²) in [6, 6.07) is 20.5. The van der Waals surface area contributed by atoms with E-state index >= 15 is 0 Å². The molecule has 1 unspecified atom stereocenters. The Hall–Kier alpha value is -2.62. The smallest absolute Gasteiger partial charge is 0.166 e. The Morgan fingerprint density at radius 1 is 0.659 bits per heavy atom. The Kier molecular flexibility index (Phi) is 10.7. The molecule has 41 heavy (non-hydrogen) atoms. The maximum Gasteiger partial charge on any atom is 0.166 e. The summed E-state index contributed by atoms with van der Waals surface area (Å²) in [7, 11) is 0. The number of fused-ring (bicyclic) bond motifs is 2. The molecule has 4 aromatic carbocycles. The first-order valence-electron chi connectivity index (χ1n) is 12.7. The third-order valence-electron chi connectivity index (χ3n) is 6.91. The van der Waals surface area contributed by atoms with Crippen molar-refractivity contribution < 1.29 is 27.2 Å². The monoisotopic (exact) mass is 752 g/mol. The lowest BCUT2D eigenvalue weighted by Gasteiger charge is -2.09. The molecule has 0 aliphatic heterocycles. The first-order valence-corrected chi connectivity index (χ1v) is 15.4. The van der Waals surface area contributed by atoms with E-state index in [0.29, 0.717) is 30.4 Å². The van der Waals surface area contributed by atoms with Crippen LogP contribution in [0.1, 0.15) is 49.4 Å². The van der Waals surface area contributed by atoms with Crippen LogP contribution in [0.3, 0.4) is 0 Å². The SMILES string of the molecule is BrCc1ccccc1Br.O=C1CCc2c1ccc(F)c2F.O=C1c2ccc(F)c(F)c2CC1Cc1ccccc1Br. The third-order valence-corrected chi connectivity index (χ3v) is 9.06. The van der Waals surface area contributed by atoms with Crippen LogP contribution in [-0.2, 0) is 24.6 Å². The van der Waals surface area contributed by atoms with Gasteiger partial charge in [0, 0.05) is 48.9 Å². The standard InChI is InChI=1S/C16H11BrF2O.C9H6F2O.C7H6Br2/c17-13-4-2-1-3-9(13)7-10-8-12-11(16(10)20)5-6-14(18)15(12)19;10-7-3-1-5-6(9(7)11)2-4-8(5)12;8-5-6-3-1-2-4-7(6)9/h1-6,10H,7-8H2;1,3H,2,4H2;1-4H,5H2. The molecule has 0 aromatic heterocycles. The number of rotatable bonds is 3. The van der Waals surface area contributed by atoms with Crippen molar-refractivity contribution in [1.29, 1.82) is 0 Å². The van der Waals surface area contributed by atoms with Crippen molar-refractivity contribution in [2.45, 2.75) is 31.0 Å². The van der Waals surface area contributed by atoms with Crippen LogP contribution in [0, 0.1) is 29.2 Å². The zero-order valence-corrected chi connectivity index (χ0v) is 26.3. The van der Waals surface area contributed by atoms with Gasteiger partial charge in [-0.1, -0.05) is 84.2 Å².